The molecule has 0 aromatic heterocycles. The molecule has 0 saturated carbocycles. The van der Waals surface area contributed by atoms with Crippen LogP contribution in [0.2, 0.25) is 0 Å². The van der Waals surface area contributed by atoms with Gasteiger partial charge in [0, 0.05) is 6.26 Å². The molecule has 1 aliphatic heterocycles. The Labute approximate surface area is 106 Å². The highest BCUT2D eigenvalue weighted by atomic mass is 32.2. The number of ether oxygens (including phenoxy) is 2. The molecule has 1 heterocycles. The van der Waals surface area contributed by atoms with Crippen molar-refractivity contribution < 1.29 is 22.7 Å². The standard InChI is InChI=1S/C11H15NO5S/c1-18(13,14)11-8(4-5-17-12)2-3-9-10(11)16-7-6-15-9/h2-3H,4-7,12H2,1H3. The van der Waals surface area contributed by atoms with Gasteiger partial charge >= 0.3 is 0 Å². The lowest BCUT2D eigenvalue weighted by molar-refractivity contribution is 0.140. The molecule has 0 amide bonds. The van der Waals surface area contributed by atoms with Crippen molar-refractivity contribution in [2.75, 3.05) is 26.1 Å². The summed E-state index contributed by atoms with van der Waals surface area (Å²) in [6, 6.07) is 3.40. The highest BCUT2D eigenvalue weighted by Crippen LogP contribution is 2.39. The van der Waals surface area contributed by atoms with Crippen molar-refractivity contribution in [3.8, 4) is 11.5 Å². The maximum absolute atomic E-state index is 11.9. The van der Waals surface area contributed by atoms with Gasteiger partial charge in [-0.1, -0.05) is 6.07 Å². The fourth-order valence-corrected chi connectivity index (χ4v) is 3.05. The van der Waals surface area contributed by atoms with Crippen LogP contribution in [0.4, 0.5) is 0 Å². The van der Waals surface area contributed by atoms with E-state index in [0.717, 1.165) is 6.26 Å². The molecule has 2 N–H and O–H groups in total. The zero-order valence-corrected chi connectivity index (χ0v) is 10.8. The van der Waals surface area contributed by atoms with Crippen LogP contribution in [0.15, 0.2) is 17.0 Å². The molecule has 0 fully saturated rings. The predicted octanol–water partition coefficient (Wildman–Crippen LogP) is 0.294. The molecule has 7 heteroatoms. The Morgan fingerprint density at radius 1 is 1.33 bits per heavy atom. The summed E-state index contributed by atoms with van der Waals surface area (Å²) in [7, 11) is -3.41. The average molecular weight is 273 g/mol. The van der Waals surface area contributed by atoms with Gasteiger partial charge in [-0.05, 0) is 18.1 Å². The highest BCUT2D eigenvalue weighted by molar-refractivity contribution is 7.90. The lowest BCUT2D eigenvalue weighted by Gasteiger charge is -2.22. The molecule has 6 nitrogen and oxygen atoms in total. The third-order valence-electron chi connectivity index (χ3n) is 2.60. The second-order valence-corrected chi connectivity index (χ2v) is 5.92. The topological polar surface area (TPSA) is 87.9 Å². The molecule has 1 aromatic carbocycles. The van der Waals surface area contributed by atoms with Crippen molar-refractivity contribution >= 4 is 9.84 Å². The number of hydrogen-bond acceptors (Lipinski definition) is 6. The third kappa shape index (κ3) is 2.58. The van der Waals surface area contributed by atoms with Crippen molar-refractivity contribution in [3.05, 3.63) is 17.7 Å². The Morgan fingerprint density at radius 3 is 2.72 bits per heavy atom. The SMILES string of the molecule is CS(=O)(=O)c1c(CCON)ccc2c1OCCO2. The summed E-state index contributed by atoms with van der Waals surface area (Å²) < 4.78 is 34.6. The van der Waals surface area contributed by atoms with Gasteiger partial charge in [0.15, 0.2) is 21.3 Å². The molecule has 18 heavy (non-hydrogen) atoms. The van der Waals surface area contributed by atoms with Crippen molar-refractivity contribution in [2.45, 2.75) is 11.3 Å². The first-order chi connectivity index (χ1) is 8.54. The van der Waals surface area contributed by atoms with Crippen LogP contribution in [0.5, 0.6) is 11.5 Å². The number of nitrogens with two attached hydrogens (primary N) is 1. The second kappa shape index (κ2) is 5.13. The maximum atomic E-state index is 11.9. The van der Waals surface area contributed by atoms with Gasteiger partial charge in [-0.15, -0.1) is 0 Å². The largest absolute Gasteiger partial charge is 0.486 e. The van der Waals surface area contributed by atoms with Gasteiger partial charge in [0.1, 0.15) is 18.1 Å². The average Bonchev–Trinajstić information content (AvgIpc) is 2.34. The molecule has 0 spiro atoms. The van der Waals surface area contributed by atoms with Crippen molar-refractivity contribution in [1.29, 1.82) is 0 Å². The van der Waals surface area contributed by atoms with Gasteiger partial charge in [-0.25, -0.2) is 14.3 Å². The van der Waals surface area contributed by atoms with E-state index >= 15 is 0 Å². The summed E-state index contributed by atoms with van der Waals surface area (Å²) in [4.78, 5) is 4.65. The van der Waals surface area contributed by atoms with Crippen LogP contribution in [0.25, 0.3) is 0 Å². The number of hydrogen-bond donors (Lipinski definition) is 1. The molecular formula is C11H15NO5S. The van der Waals surface area contributed by atoms with Gasteiger partial charge in [-0.2, -0.15) is 0 Å². The van der Waals surface area contributed by atoms with Crippen molar-refractivity contribution in [2.24, 2.45) is 5.90 Å². The zero-order chi connectivity index (χ0) is 13.2. The second-order valence-electron chi connectivity index (χ2n) is 3.97. The molecule has 0 unspecified atom stereocenters. The van der Waals surface area contributed by atoms with E-state index in [1.165, 1.54) is 0 Å². The first kappa shape index (κ1) is 13.1. The van der Waals surface area contributed by atoms with Crippen LogP contribution in [0.3, 0.4) is 0 Å². The van der Waals surface area contributed by atoms with E-state index in [2.05, 4.69) is 4.84 Å². The molecule has 1 aliphatic rings. The summed E-state index contributed by atoms with van der Waals surface area (Å²) in [5.74, 6) is 5.72. The highest BCUT2D eigenvalue weighted by Gasteiger charge is 2.25. The molecule has 1 aromatic rings. The minimum atomic E-state index is -3.41. The van der Waals surface area contributed by atoms with Crippen LogP contribution in [0, 0.1) is 0 Å². The summed E-state index contributed by atoms with van der Waals surface area (Å²) in [5.41, 5.74) is 0.618. The zero-order valence-electron chi connectivity index (χ0n) is 10.0. The third-order valence-corrected chi connectivity index (χ3v) is 3.79. The molecule has 0 aliphatic carbocycles. The van der Waals surface area contributed by atoms with Crippen LogP contribution in [-0.4, -0.2) is 34.5 Å². The van der Waals surface area contributed by atoms with Crippen molar-refractivity contribution in [1.82, 2.24) is 0 Å². The minimum Gasteiger partial charge on any atom is -0.486 e. The Balaban J connectivity index is 2.54. The molecule has 2 rings (SSSR count). The lowest BCUT2D eigenvalue weighted by Crippen LogP contribution is -2.19. The van der Waals surface area contributed by atoms with Gasteiger partial charge < -0.3 is 14.3 Å². The Kier molecular flexibility index (Phi) is 3.74. The van der Waals surface area contributed by atoms with Crippen molar-refractivity contribution in [3.63, 3.8) is 0 Å². The fraction of sp³-hybridized carbons (Fsp3) is 0.455. The van der Waals surface area contributed by atoms with Gasteiger partial charge in [0.2, 0.25) is 0 Å². The number of sulfone groups is 1. The van der Waals surface area contributed by atoms with E-state index in [-0.39, 0.29) is 11.5 Å². The summed E-state index contributed by atoms with van der Waals surface area (Å²) in [6.07, 6.45) is 1.54. The van der Waals surface area contributed by atoms with E-state index < -0.39 is 9.84 Å². The quantitative estimate of drug-likeness (QED) is 0.793. The van der Waals surface area contributed by atoms with E-state index in [4.69, 9.17) is 15.4 Å². The smallest absolute Gasteiger partial charge is 0.180 e. The number of rotatable bonds is 4. The van der Waals surface area contributed by atoms with E-state index in [1.54, 1.807) is 12.1 Å². The normalized spacial score (nSPS) is 14.6. The first-order valence-corrected chi connectivity index (χ1v) is 7.36. The van der Waals surface area contributed by atoms with Gasteiger partial charge in [0.25, 0.3) is 0 Å². The Morgan fingerprint density at radius 2 is 2.06 bits per heavy atom. The Hall–Kier alpha value is -1.31. The first-order valence-electron chi connectivity index (χ1n) is 5.47. The van der Waals surface area contributed by atoms with Crippen LogP contribution < -0.4 is 15.4 Å². The molecule has 0 atom stereocenters. The summed E-state index contributed by atoms with van der Waals surface area (Å²) in [6.45, 7) is 0.996. The van der Waals surface area contributed by atoms with E-state index in [0.29, 0.717) is 36.7 Å². The molecule has 0 bridgehead atoms. The molecule has 0 saturated heterocycles. The van der Waals surface area contributed by atoms with Crippen LogP contribution >= 0.6 is 0 Å². The summed E-state index contributed by atoms with van der Waals surface area (Å²) >= 11 is 0. The maximum Gasteiger partial charge on any atom is 0.180 e. The molecule has 100 valence electrons. The van der Waals surface area contributed by atoms with Crippen LogP contribution in [0.1, 0.15) is 5.56 Å². The Bertz CT molecular complexity index is 541. The lowest BCUT2D eigenvalue weighted by atomic mass is 10.1. The van der Waals surface area contributed by atoms with Gasteiger partial charge in [0.05, 0.1) is 6.61 Å². The molecule has 0 radical (unpaired) electrons. The van der Waals surface area contributed by atoms with E-state index in [9.17, 15) is 8.42 Å². The molecular weight excluding hydrogens is 258 g/mol. The van der Waals surface area contributed by atoms with E-state index in [1.807, 2.05) is 0 Å². The monoisotopic (exact) mass is 273 g/mol. The summed E-state index contributed by atoms with van der Waals surface area (Å²) in [5, 5.41) is 0. The van der Waals surface area contributed by atoms with Gasteiger partial charge in [-0.3, -0.25) is 0 Å². The fourth-order valence-electron chi connectivity index (χ4n) is 1.90. The number of fused-ring (bicyclic) bond motifs is 1. The predicted molar refractivity (Wildman–Crippen MR) is 64.4 cm³/mol. The minimum absolute atomic E-state index is 0.164. The van der Waals surface area contributed by atoms with Crippen LogP contribution in [-0.2, 0) is 21.1 Å². The number of benzene rings is 1.